The molecule has 0 aliphatic rings. The Hall–Kier alpha value is -4.92. The number of likely N-dealkylation sites (N-methyl/N-ethyl adjacent to an activating group) is 1. The number of nitrogens with one attached hydrogen (secondary N) is 3. The van der Waals surface area contributed by atoms with Gasteiger partial charge in [-0.3, -0.25) is 4.79 Å². The molecule has 3 N–H and O–H groups in total. The van der Waals surface area contributed by atoms with Crippen molar-refractivity contribution in [3.05, 3.63) is 119 Å². The largest absolute Gasteiger partial charge is 0.496 e. The molecule has 8 heteroatoms. The monoisotopic (exact) mass is 633 g/mol. The third kappa shape index (κ3) is 8.27. The second-order valence-electron chi connectivity index (χ2n) is 11.5. The van der Waals surface area contributed by atoms with Crippen LogP contribution in [0.3, 0.4) is 0 Å². The van der Waals surface area contributed by atoms with Crippen LogP contribution in [-0.2, 0) is 17.6 Å². The van der Waals surface area contributed by atoms with Gasteiger partial charge in [-0.05, 0) is 71.6 Å². The van der Waals surface area contributed by atoms with Crippen LogP contribution in [0.25, 0.3) is 21.5 Å². The lowest BCUT2D eigenvalue weighted by molar-refractivity contribution is 0.0518. The fourth-order valence-corrected chi connectivity index (χ4v) is 6.05. The minimum atomic E-state index is -0.576. The topological polar surface area (TPSA) is 97.9 Å². The summed E-state index contributed by atoms with van der Waals surface area (Å²) in [5.74, 6) is -0.459. The van der Waals surface area contributed by atoms with Crippen LogP contribution < -0.4 is 25.4 Å². The summed E-state index contributed by atoms with van der Waals surface area (Å²) >= 11 is 0. The zero-order valence-electron chi connectivity index (χ0n) is 27.5. The lowest BCUT2D eigenvalue weighted by atomic mass is 9.97. The number of hydrogen-bond donors (Lipinski definition) is 3. The highest BCUT2D eigenvalue weighted by atomic mass is 16.5. The predicted molar refractivity (Wildman–Crippen MR) is 188 cm³/mol. The highest BCUT2D eigenvalue weighted by Gasteiger charge is 2.25. The molecule has 5 aromatic rings. The summed E-state index contributed by atoms with van der Waals surface area (Å²) in [6, 6.07) is 32.5. The molecule has 0 heterocycles. The molecular weight excluding hydrogens is 590 g/mol. The summed E-state index contributed by atoms with van der Waals surface area (Å²) < 4.78 is 16.2. The van der Waals surface area contributed by atoms with Crippen molar-refractivity contribution in [2.24, 2.45) is 0 Å². The second kappa shape index (κ2) is 16.1. The standard InChI is InChI=1S/C39H43N3O5/c1-5-47-39(44)37-35(45-3)22-31(23-36(37)46-4)38(43)42-33(21-30-15-10-14-28-12-8-9-16-34(28)30)25-41-32(24-40-2)20-26-17-18-27-11-6-7-13-29(27)19-26/h6-19,22-23,32-33,40-41H,5,20-21,24-25H2,1-4H3,(H,42,43)/t32-,33+/m1/s1. The van der Waals surface area contributed by atoms with Crippen molar-refractivity contribution in [2.75, 3.05) is 41.0 Å². The van der Waals surface area contributed by atoms with Crippen molar-refractivity contribution in [3.63, 3.8) is 0 Å². The molecule has 0 saturated heterocycles. The van der Waals surface area contributed by atoms with Gasteiger partial charge >= 0.3 is 5.97 Å². The number of ether oxygens (including phenoxy) is 3. The number of carbonyl (C=O) groups is 2. The maximum atomic E-state index is 13.9. The van der Waals surface area contributed by atoms with Crippen LogP contribution in [0.2, 0.25) is 0 Å². The van der Waals surface area contributed by atoms with Crippen molar-refractivity contribution in [1.29, 1.82) is 0 Å². The van der Waals surface area contributed by atoms with Crippen LogP contribution in [-0.4, -0.2) is 64.9 Å². The van der Waals surface area contributed by atoms with Gasteiger partial charge in [-0.15, -0.1) is 0 Å². The van der Waals surface area contributed by atoms with E-state index >= 15 is 0 Å². The van der Waals surface area contributed by atoms with E-state index in [1.165, 1.54) is 30.6 Å². The molecule has 0 bridgehead atoms. The number of hydrogen-bond acceptors (Lipinski definition) is 7. The molecule has 0 aliphatic heterocycles. The Morgan fingerprint density at radius 3 is 2.11 bits per heavy atom. The van der Waals surface area contributed by atoms with Crippen molar-refractivity contribution in [1.82, 2.24) is 16.0 Å². The van der Waals surface area contributed by atoms with E-state index in [0.717, 1.165) is 29.3 Å². The molecule has 0 fully saturated rings. The van der Waals surface area contributed by atoms with E-state index in [0.29, 0.717) is 18.5 Å². The molecule has 0 spiro atoms. The van der Waals surface area contributed by atoms with Gasteiger partial charge in [0.2, 0.25) is 0 Å². The fraction of sp³-hybridized carbons (Fsp3) is 0.282. The Labute approximate surface area is 276 Å². The molecular formula is C39H43N3O5. The molecule has 47 heavy (non-hydrogen) atoms. The zero-order valence-corrected chi connectivity index (χ0v) is 27.5. The van der Waals surface area contributed by atoms with Crippen molar-refractivity contribution in [3.8, 4) is 11.5 Å². The first kappa shape index (κ1) is 33.4. The molecule has 0 saturated carbocycles. The average Bonchev–Trinajstić information content (AvgIpc) is 3.10. The molecule has 0 radical (unpaired) electrons. The van der Waals surface area contributed by atoms with Gasteiger partial charge in [0.1, 0.15) is 17.1 Å². The van der Waals surface area contributed by atoms with Crippen LogP contribution in [0, 0.1) is 0 Å². The first-order chi connectivity index (χ1) is 22.9. The summed E-state index contributed by atoms with van der Waals surface area (Å²) in [5.41, 5.74) is 2.85. The molecule has 0 unspecified atom stereocenters. The van der Waals surface area contributed by atoms with Gasteiger partial charge in [-0.25, -0.2) is 4.79 Å². The van der Waals surface area contributed by atoms with Crippen LogP contribution in [0.1, 0.15) is 38.8 Å². The van der Waals surface area contributed by atoms with E-state index in [1.807, 2.05) is 19.2 Å². The Bertz CT molecular complexity index is 1810. The van der Waals surface area contributed by atoms with Gasteiger partial charge < -0.3 is 30.2 Å². The van der Waals surface area contributed by atoms with Gasteiger partial charge in [0, 0.05) is 30.7 Å². The second-order valence-corrected chi connectivity index (χ2v) is 11.5. The Morgan fingerprint density at radius 2 is 1.40 bits per heavy atom. The maximum absolute atomic E-state index is 13.9. The quantitative estimate of drug-likeness (QED) is 0.123. The SMILES string of the molecule is CCOC(=O)c1c(OC)cc(C(=O)N[C@H](CN[C@@H](CNC)Cc2ccc3ccccc3c2)Cc2cccc3ccccc23)cc1OC. The highest BCUT2D eigenvalue weighted by molar-refractivity contribution is 6.01. The average molecular weight is 634 g/mol. The lowest BCUT2D eigenvalue weighted by Gasteiger charge is -2.25. The lowest BCUT2D eigenvalue weighted by Crippen LogP contribution is -2.48. The summed E-state index contributed by atoms with van der Waals surface area (Å²) in [5, 5.41) is 15.1. The summed E-state index contributed by atoms with van der Waals surface area (Å²) in [7, 11) is 4.85. The number of amides is 1. The molecule has 8 nitrogen and oxygen atoms in total. The number of carbonyl (C=O) groups excluding carboxylic acids is 2. The fourth-order valence-electron chi connectivity index (χ4n) is 6.05. The van der Waals surface area contributed by atoms with Gasteiger partial charge in [-0.2, -0.15) is 0 Å². The first-order valence-electron chi connectivity index (χ1n) is 16.0. The van der Waals surface area contributed by atoms with Gasteiger partial charge in [0.15, 0.2) is 0 Å². The Balaban J connectivity index is 1.41. The van der Waals surface area contributed by atoms with E-state index in [4.69, 9.17) is 14.2 Å². The Morgan fingerprint density at radius 1 is 0.723 bits per heavy atom. The summed E-state index contributed by atoms with van der Waals surface area (Å²) in [4.78, 5) is 26.5. The summed E-state index contributed by atoms with van der Waals surface area (Å²) in [6.07, 6.45) is 1.43. The molecule has 5 aromatic carbocycles. The number of benzene rings is 5. The van der Waals surface area contributed by atoms with Crippen LogP contribution in [0.15, 0.2) is 97.1 Å². The molecule has 244 valence electrons. The molecule has 0 aliphatic carbocycles. The smallest absolute Gasteiger partial charge is 0.345 e. The number of fused-ring (bicyclic) bond motifs is 2. The van der Waals surface area contributed by atoms with Crippen molar-refractivity contribution >= 4 is 33.4 Å². The molecule has 1 amide bonds. The zero-order chi connectivity index (χ0) is 33.2. The van der Waals surface area contributed by atoms with E-state index < -0.39 is 5.97 Å². The van der Waals surface area contributed by atoms with E-state index in [2.05, 4.69) is 88.7 Å². The van der Waals surface area contributed by atoms with Gasteiger partial charge in [0.05, 0.1) is 20.8 Å². The minimum Gasteiger partial charge on any atom is -0.496 e. The molecule has 0 aromatic heterocycles. The molecule has 2 atom stereocenters. The normalized spacial score (nSPS) is 12.4. The summed E-state index contributed by atoms with van der Waals surface area (Å²) in [6.45, 7) is 3.22. The van der Waals surface area contributed by atoms with Crippen LogP contribution in [0.5, 0.6) is 11.5 Å². The number of rotatable bonds is 15. The minimum absolute atomic E-state index is 0.122. The van der Waals surface area contributed by atoms with Crippen molar-refractivity contribution in [2.45, 2.75) is 31.8 Å². The van der Waals surface area contributed by atoms with Crippen LogP contribution >= 0.6 is 0 Å². The number of methoxy groups -OCH3 is 2. The van der Waals surface area contributed by atoms with E-state index in [9.17, 15) is 9.59 Å². The predicted octanol–water partition coefficient (Wildman–Crippen LogP) is 5.95. The Kier molecular flexibility index (Phi) is 11.4. The number of esters is 1. The van der Waals surface area contributed by atoms with Crippen LogP contribution in [0.4, 0.5) is 0 Å². The van der Waals surface area contributed by atoms with Crippen molar-refractivity contribution < 1.29 is 23.8 Å². The third-order valence-corrected chi connectivity index (χ3v) is 8.33. The first-order valence-corrected chi connectivity index (χ1v) is 16.0. The third-order valence-electron chi connectivity index (χ3n) is 8.33. The van der Waals surface area contributed by atoms with E-state index in [1.54, 1.807) is 19.1 Å². The maximum Gasteiger partial charge on any atom is 0.345 e. The van der Waals surface area contributed by atoms with Gasteiger partial charge in [0.25, 0.3) is 5.91 Å². The highest BCUT2D eigenvalue weighted by Crippen LogP contribution is 2.31. The van der Waals surface area contributed by atoms with Gasteiger partial charge in [-0.1, -0.05) is 84.9 Å². The van der Waals surface area contributed by atoms with E-state index in [-0.39, 0.29) is 41.7 Å². The molecule has 5 rings (SSSR count).